The van der Waals surface area contributed by atoms with Gasteiger partial charge in [0, 0.05) is 15.6 Å². The second-order valence-electron chi connectivity index (χ2n) is 4.87. The van der Waals surface area contributed by atoms with Crippen molar-refractivity contribution in [2.45, 2.75) is 31.2 Å². The van der Waals surface area contributed by atoms with Crippen LogP contribution in [0.2, 0.25) is 0 Å². The van der Waals surface area contributed by atoms with Crippen molar-refractivity contribution < 1.29 is 14.3 Å². The number of rotatable bonds is 2. The predicted molar refractivity (Wildman–Crippen MR) is 70.0 cm³/mol. The highest BCUT2D eigenvalue weighted by Crippen LogP contribution is 2.49. The van der Waals surface area contributed by atoms with Crippen molar-refractivity contribution in [2.24, 2.45) is 5.73 Å². The summed E-state index contributed by atoms with van der Waals surface area (Å²) < 4.78 is 11.6. The fourth-order valence-corrected chi connectivity index (χ4v) is 3.31. The third-order valence-corrected chi connectivity index (χ3v) is 4.44. The first kappa shape index (κ1) is 12.0. The van der Waals surface area contributed by atoms with Crippen LogP contribution in [0, 0.1) is 0 Å². The van der Waals surface area contributed by atoms with Crippen LogP contribution in [-0.4, -0.2) is 13.1 Å². The van der Waals surface area contributed by atoms with Crippen LogP contribution in [0.25, 0.3) is 0 Å². The summed E-state index contributed by atoms with van der Waals surface area (Å²) in [5.74, 6) is 1.16. The highest BCUT2D eigenvalue weighted by molar-refractivity contribution is 9.10. The maximum Gasteiger partial charge on any atom is 0.231 e. The molecule has 1 heterocycles. The number of nitrogens with two attached hydrogens (primary N) is 1. The van der Waals surface area contributed by atoms with Crippen molar-refractivity contribution in [1.82, 2.24) is 0 Å². The van der Waals surface area contributed by atoms with E-state index in [2.05, 4.69) is 15.9 Å². The van der Waals surface area contributed by atoms with E-state index in [0.29, 0.717) is 21.5 Å². The molecule has 96 valence electrons. The van der Waals surface area contributed by atoms with Gasteiger partial charge < -0.3 is 15.2 Å². The quantitative estimate of drug-likeness (QED) is 0.853. The van der Waals surface area contributed by atoms with E-state index in [1.165, 1.54) is 0 Å². The van der Waals surface area contributed by atoms with Crippen LogP contribution in [0.15, 0.2) is 10.5 Å². The van der Waals surface area contributed by atoms with Gasteiger partial charge in [0.1, 0.15) is 0 Å². The molecule has 0 amide bonds. The molecule has 1 saturated carbocycles. The van der Waals surface area contributed by atoms with Gasteiger partial charge in [-0.05, 0) is 34.8 Å². The third kappa shape index (κ3) is 1.65. The van der Waals surface area contributed by atoms with Gasteiger partial charge in [0.25, 0.3) is 0 Å². The van der Waals surface area contributed by atoms with E-state index >= 15 is 0 Å². The Balaban J connectivity index is 2.19. The molecule has 0 radical (unpaired) electrons. The van der Waals surface area contributed by atoms with Crippen molar-refractivity contribution >= 4 is 22.2 Å². The van der Waals surface area contributed by atoms with Gasteiger partial charge in [-0.3, -0.25) is 4.79 Å². The normalized spacial score (nSPS) is 20.1. The standard InChI is InChI=1S/C13H14BrNO3/c14-10-5-9(13(15)3-1-2-4-13)12-11(8(10)6-16)17-7-18-12/h5-6H,1-4,7,15H2. The minimum atomic E-state index is -0.359. The molecule has 0 saturated heterocycles. The number of benzene rings is 1. The fourth-order valence-electron chi connectivity index (χ4n) is 2.81. The Morgan fingerprint density at radius 2 is 1.94 bits per heavy atom. The van der Waals surface area contributed by atoms with Gasteiger partial charge in [0.15, 0.2) is 17.8 Å². The van der Waals surface area contributed by atoms with Gasteiger partial charge in [-0.15, -0.1) is 0 Å². The molecule has 1 aliphatic carbocycles. The number of hydrogen-bond donors (Lipinski definition) is 1. The van der Waals surface area contributed by atoms with Gasteiger partial charge in [0.2, 0.25) is 6.79 Å². The number of hydrogen-bond acceptors (Lipinski definition) is 4. The maximum atomic E-state index is 11.1. The molecule has 0 aromatic heterocycles. The van der Waals surface area contributed by atoms with Crippen molar-refractivity contribution in [3.8, 4) is 11.5 Å². The molecule has 0 atom stereocenters. The van der Waals surface area contributed by atoms with Gasteiger partial charge in [-0.25, -0.2) is 0 Å². The fraction of sp³-hybridized carbons (Fsp3) is 0.462. The predicted octanol–water partition coefficient (Wildman–Crippen LogP) is 2.72. The van der Waals surface area contributed by atoms with Crippen molar-refractivity contribution in [1.29, 1.82) is 0 Å². The number of halogens is 1. The Morgan fingerprint density at radius 3 is 2.61 bits per heavy atom. The summed E-state index contributed by atoms with van der Waals surface area (Å²) in [7, 11) is 0. The lowest BCUT2D eigenvalue weighted by atomic mass is 9.87. The van der Waals surface area contributed by atoms with E-state index in [1.807, 2.05) is 6.07 Å². The molecule has 0 spiro atoms. The summed E-state index contributed by atoms with van der Waals surface area (Å²) in [6.45, 7) is 0.149. The minimum Gasteiger partial charge on any atom is -0.453 e. The lowest BCUT2D eigenvalue weighted by Gasteiger charge is -2.26. The summed E-state index contributed by atoms with van der Waals surface area (Å²) in [6.07, 6.45) is 4.91. The van der Waals surface area contributed by atoms with Crippen molar-refractivity contribution in [2.75, 3.05) is 6.79 Å². The summed E-state index contributed by atoms with van der Waals surface area (Å²) in [5.41, 5.74) is 7.55. The van der Waals surface area contributed by atoms with E-state index in [-0.39, 0.29) is 12.3 Å². The average molecular weight is 312 g/mol. The summed E-state index contributed by atoms with van der Waals surface area (Å²) in [4.78, 5) is 11.1. The molecule has 1 aromatic rings. The Kier molecular flexibility index (Phi) is 2.83. The summed E-state index contributed by atoms with van der Waals surface area (Å²) in [5, 5.41) is 0. The van der Waals surface area contributed by atoms with E-state index in [0.717, 1.165) is 37.5 Å². The highest BCUT2D eigenvalue weighted by atomic mass is 79.9. The third-order valence-electron chi connectivity index (χ3n) is 3.78. The van der Waals surface area contributed by atoms with Crippen LogP contribution in [0.5, 0.6) is 11.5 Å². The smallest absolute Gasteiger partial charge is 0.231 e. The molecule has 1 aliphatic heterocycles. The number of carbonyl (C=O) groups excluding carboxylic acids is 1. The van der Waals surface area contributed by atoms with Gasteiger partial charge >= 0.3 is 0 Å². The van der Waals surface area contributed by atoms with Gasteiger partial charge in [0.05, 0.1) is 5.56 Å². The molecule has 3 rings (SSSR count). The van der Waals surface area contributed by atoms with E-state index in [4.69, 9.17) is 15.2 Å². The number of aldehydes is 1. The number of ether oxygens (including phenoxy) is 2. The van der Waals surface area contributed by atoms with Crippen molar-refractivity contribution in [3.63, 3.8) is 0 Å². The lowest BCUT2D eigenvalue weighted by Crippen LogP contribution is -2.33. The van der Waals surface area contributed by atoms with Crippen LogP contribution in [0.1, 0.15) is 41.6 Å². The molecule has 1 aromatic carbocycles. The second-order valence-corrected chi connectivity index (χ2v) is 5.72. The molecular weight excluding hydrogens is 298 g/mol. The van der Waals surface area contributed by atoms with Crippen LogP contribution in [-0.2, 0) is 5.54 Å². The highest BCUT2D eigenvalue weighted by Gasteiger charge is 2.38. The summed E-state index contributed by atoms with van der Waals surface area (Å²) >= 11 is 3.41. The molecule has 2 N–H and O–H groups in total. The van der Waals surface area contributed by atoms with E-state index in [9.17, 15) is 4.79 Å². The minimum absolute atomic E-state index is 0.149. The van der Waals surface area contributed by atoms with Crippen LogP contribution >= 0.6 is 15.9 Å². The molecule has 0 unspecified atom stereocenters. The zero-order valence-electron chi connectivity index (χ0n) is 9.87. The summed E-state index contributed by atoms with van der Waals surface area (Å²) in [6, 6.07) is 1.91. The molecule has 18 heavy (non-hydrogen) atoms. The first-order valence-corrected chi connectivity index (χ1v) is 6.82. The molecule has 1 fully saturated rings. The van der Waals surface area contributed by atoms with E-state index < -0.39 is 0 Å². The Morgan fingerprint density at radius 1 is 1.28 bits per heavy atom. The molecule has 2 aliphatic rings. The van der Waals surface area contributed by atoms with E-state index in [1.54, 1.807) is 0 Å². The largest absolute Gasteiger partial charge is 0.453 e. The Hall–Kier alpha value is -1.07. The number of carbonyl (C=O) groups is 1. The first-order chi connectivity index (χ1) is 8.65. The molecule has 0 bridgehead atoms. The zero-order chi connectivity index (χ0) is 12.8. The Bertz CT molecular complexity index is 509. The van der Waals surface area contributed by atoms with Gasteiger partial charge in [-0.2, -0.15) is 0 Å². The number of fused-ring (bicyclic) bond motifs is 1. The Labute approximate surface area is 114 Å². The van der Waals surface area contributed by atoms with Crippen LogP contribution in [0.3, 0.4) is 0 Å². The zero-order valence-corrected chi connectivity index (χ0v) is 11.5. The average Bonchev–Trinajstić information content (AvgIpc) is 2.97. The first-order valence-electron chi connectivity index (χ1n) is 6.02. The van der Waals surface area contributed by atoms with Crippen LogP contribution < -0.4 is 15.2 Å². The SMILES string of the molecule is NC1(c2cc(Br)c(C=O)c3c2OCO3)CCCC1. The molecular formula is C13H14BrNO3. The lowest BCUT2D eigenvalue weighted by molar-refractivity contribution is 0.111. The van der Waals surface area contributed by atoms with Crippen LogP contribution in [0.4, 0.5) is 0 Å². The topological polar surface area (TPSA) is 61.6 Å². The maximum absolute atomic E-state index is 11.1. The molecule has 5 heteroatoms. The van der Waals surface area contributed by atoms with Crippen molar-refractivity contribution in [3.05, 3.63) is 21.7 Å². The second kappa shape index (κ2) is 4.24. The molecule has 4 nitrogen and oxygen atoms in total. The van der Waals surface area contributed by atoms with Gasteiger partial charge in [-0.1, -0.05) is 12.8 Å². The monoisotopic (exact) mass is 311 g/mol.